The zero-order chi connectivity index (χ0) is 15.6. The second kappa shape index (κ2) is 6.23. The first-order valence-electron chi connectivity index (χ1n) is 5.52. The Balaban J connectivity index is 2.43. The summed E-state index contributed by atoms with van der Waals surface area (Å²) < 4.78 is 6.48. The normalized spacial score (nSPS) is 10.2. The van der Waals surface area contributed by atoms with Gasteiger partial charge in [-0.1, -0.05) is 31.9 Å². The predicted octanol–water partition coefficient (Wildman–Crippen LogP) is 4.61. The number of hydrogen-bond donors (Lipinski definition) is 1. The van der Waals surface area contributed by atoms with Gasteiger partial charge in [0.05, 0.1) is 10.5 Å². The number of carbonyl (C=O) groups is 1. The number of halogens is 2. The Labute approximate surface area is 135 Å². The molecule has 0 aromatic heterocycles. The Morgan fingerprint density at radius 2 is 1.86 bits per heavy atom. The molecule has 8 heteroatoms. The number of aromatic carboxylic acids is 1. The van der Waals surface area contributed by atoms with Crippen LogP contribution in [0.2, 0.25) is 0 Å². The average molecular weight is 417 g/mol. The van der Waals surface area contributed by atoms with Gasteiger partial charge in [0.25, 0.3) is 0 Å². The summed E-state index contributed by atoms with van der Waals surface area (Å²) in [6.45, 7) is 0. The van der Waals surface area contributed by atoms with Crippen LogP contribution in [0.3, 0.4) is 0 Å². The summed E-state index contributed by atoms with van der Waals surface area (Å²) in [5.74, 6) is -0.906. The van der Waals surface area contributed by atoms with Crippen LogP contribution in [0.1, 0.15) is 10.4 Å². The van der Waals surface area contributed by atoms with E-state index < -0.39 is 10.9 Å². The van der Waals surface area contributed by atoms with E-state index in [-0.39, 0.29) is 22.7 Å². The molecule has 108 valence electrons. The maximum atomic E-state index is 11.0. The smallest absolute Gasteiger partial charge is 0.335 e. The number of ether oxygens (including phenoxy) is 1. The van der Waals surface area contributed by atoms with Gasteiger partial charge in [-0.25, -0.2) is 4.79 Å². The fourth-order valence-electron chi connectivity index (χ4n) is 1.59. The minimum atomic E-state index is -1.12. The number of nitrogens with zero attached hydrogens (tertiary/aromatic N) is 1. The lowest BCUT2D eigenvalue weighted by Crippen LogP contribution is -1.98. The molecule has 0 saturated heterocycles. The van der Waals surface area contributed by atoms with E-state index in [9.17, 15) is 14.9 Å². The summed E-state index contributed by atoms with van der Waals surface area (Å²) in [5, 5.41) is 20.0. The highest BCUT2D eigenvalue weighted by atomic mass is 79.9. The van der Waals surface area contributed by atoms with Gasteiger partial charge in [0.1, 0.15) is 5.75 Å². The number of carboxylic acid groups (broad SMARTS) is 1. The van der Waals surface area contributed by atoms with E-state index in [0.717, 1.165) is 0 Å². The van der Waals surface area contributed by atoms with Crippen LogP contribution in [0, 0.1) is 10.1 Å². The first-order chi connectivity index (χ1) is 9.86. The highest BCUT2D eigenvalue weighted by Gasteiger charge is 2.17. The summed E-state index contributed by atoms with van der Waals surface area (Å²) in [7, 11) is 0. The predicted molar refractivity (Wildman–Crippen MR) is 82.0 cm³/mol. The van der Waals surface area contributed by atoms with E-state index in [0.29, 0.717) is 8.95 Å². The van der Waals surface area contributed by atoms with Crippen molar-refractivity contribution < 1.29 is 19.6 Å². The van der Waals surface area contributed by atoms with Crippen molar-refractivity contribution in [2.75, 3.05) is 0 Å². The van der Waals surface area contributed by atoms with Crippen LogP contribution in [0.4, 0.5) is 5.69 Å². The van der Waals surface area contributed by atoms with Gasteiger partial charge in [-0.2, -0.15) is 0 Å². The third-order valence-electron chi connectivity index (χ3n) is 2.46. The Hall–Kier alpha value is -1.93. The number of nitro groups is 1. The zero-order valence-electron chi connectivity index (χ0n) is 10.2. The molecule has 0 bridgehead atoms. The Morgan fingerprint density at radius 1 is 1.14 bits per heavy atom. The Bertz CT molecular complexity index is 732. The largest absolute Gasteiger partial charge is 0.478 e. The number of carboxylic acids is 1. The molecule has 21 heavy (non-hydrogen) atoms. The van der Waals surface area contributed by atoms with E-state index in [4.69, 9.17) is 9.84 Å². The van der Waals surface area contributed by atoms with Crippen molar-refractivity contribution in [3.63, 3.8) is 0 Å². The zero-order valence-corrected chi connectivity index (χ0v) is 13.4. The van der Waals surface area contributed by atoms with Gasteiger partial charge in [-0.05, 0) is 30.3 Å². The van der Waals surface area contributed by atoms with Crippen LogP contribution in [-0.4, -0.2) is 16.0 Å². The van der Waals surface area contributed by atoms with Crippen molar-refractivity contribution in [1.82, 2.24) is 0 Å². The molecule has 0 aliphatic rings. The van der Waals surface area contributed by atoms with Gasteiger partial charge in [0.15, 0.2) is 0 Å². The molecular formula is C13H7Br2NO5. The summed E-state index contributed by atoms with van der Waals surface area (Å²) in [6.07, 6.45) is 0. The molecule has 0 spiro atoms. The summed E-state index contributed by atoms with van der Waals surface area (Å²) in [5.41, 5.74) is -0.208. The molecular weight excluding hydrogens is 410 g/mol. The van der Waals surface area contributed by atoms with Gasteiger partial charge in [0, 0.05) is 15.0 Å². The minimum absolute atomic E-state index is 0.0131. The molecule has 2 aromatic rings. The summed E-state index contributed by atoms with van der Waals surface area (Å²) in [6, 6.07) is 8.57. The number of hydrogen-bond acceptors (Lipinski definition) is 4. The lowest BCUT2D eigenvalue weighted by Gasteiger charge is -2.08. The molecule has 6 nitrogen and oxygen atoms in total. The van der Waals surface area contributed by atoms with Crippen molar-refractivity contribution in [3.05, 3.63) is 61.0 Å². The molecule has 0 amide bonds. The second-order valence-electron chi connectivity index (χ2n) is 3.95. The molecule has 2 aromatic carbocycles. The molecule has 2 rings (SSSR count). The van der Waals surface area contributed by atoms with E-state index >= 15 is 0 Å². The Morgan fingerprint density at radius 3 is 2.48 bits per heavy atom. The monoisotopic (exact) mass is 415 g/mol. The molecule has 0 saturated carbocycles. The van der Waals surface area contributed by atoms with Gasteiger partial charge >= 0.3 is 11.7 Å². The molecule has 0 aliphatic heterocycles. The van der Waals surface area contributed by atoms with Gasteiger partial charge in [-0.15, -0.1) is 0 Å². The maximum absolute atomic E-state index is 11.0. The van der Waals surface area contributed by atoms with E-state index in [1.54, 1.807) is 6.07 Å². The molecule has 0 fully saturated rings. The van der Waals surface area contributed by atoms with Gasteiger partial charge in [-0.3, -0.25) is 10.1 Å². The fourth-order valence-corrected chi connectivity index (χ4v) is 2.41. The van der Waals surface area contributed by atoms with Crippen molar-refractivity contribution >= 4 is 43.5 Å². The third-order valence-corrected chi connectivity index (χ3v) is 3.41. The molecule has 0 atom stereocenters. The van der Waals surface area contributed by atoms with Crippen LogP contribution < -0.4 is 4.74 Å². The standard InChI is InChI=1S/C13H7Br2NO5/c14-8-1-2-12(11(6-8)16(19)20)21-10-4-7(13(17)18)3-9(15)5-10/h1-6H,(H,17,18). The van der Waals surface area contributed by atoms with E-state index in [2.05, 4.69) is 31.9 Å². The van der Waals surface area contributed by atoms with E-state index in [1.165, 1.54) is 30.3 Å². The van der Waals surface area contributed by atoms with Crippen LogP contribution in [-0.2, 0) is 0 Å². The molecule has 0 radical (unpaired) electrons. The molecule has 0 unspecified atom stereocenters. The first kappa shape index (κ1) is 15.5. The first-order valence-corrected chi connectivity index (χ1v) is 7.11. The molecule has 1 N–H and O–H groups in total. The quantitative estimate of drug-likeness (QED) is 0.580. The van der Waals surface area contributed by atoms with Crippen LogP contribution in [0.15, 0.2) is 45.3 Å². The van der Waals surface area contributed by atoms with Gasteiger partial charge in [0.2, 0.25) is 5.75 Å². The van der Waals surface area contributed by atoms with Crippen LogP contribution in [0.5, 0.6) is 11.5 Å². The highest BCUT2D eigenvalue weighted by molar-refractivity contribution is 9.10. The minimum Gasteiger partial charge on any atom is -0.478 e. The van der Waals surface area contributed by atoms with Crippen molar-refractivity contribution in [2.45, 2.75) is 0 Å². The molecule has 0 aliphatic carbocycles. The van der Waals surface area contributed by atoms with Crippen molar-refractivity contribution in [3.8, 4) is 11.5 Å². The van der Waals surface area contributed by atoms with Crippen molar-refractivity contribution in [1.29, 1.82) is 0 Å². The van der Waals surface area contributed by atoms with E-state index in [1.807, 2.05) is 0 Å². The second-order valence-corrected chi connectivity index (χ2v) is 5.78. The SMILES string of the molecule is O=C(O)c1cc(Br)cc(Oc2ccc(Br)cc2[N+](=O)[O-])c1. The molecule has 0 heterocycles. The maximum Gasteiger partial charge on any atom is 0.335 e. The van der Waals surface area contributed by atoms with Crippen LogP contribution >= 0.6 is 31.9 Å². The summed E-state index contributed by atoms with van der Waals surface area (Å²) >= 11 is 6.32. The number of nitro benzene ring substituents is 1. The highest BCUT2D eigenvalue weighted by Crippen LogP contribution is 2.34. The Kier molecular flexibility index (Phi) is 4.59. The lowest BCUT2D eigenvalue weighted by atomic mass is 10.2. The number of rotatable bonds is 4. The van der Waals surface area contributed by atoms with Crippen LogP contribution in [0.25, 0.3) is 0 Å². The van der Waals surface area contributed by atoms with Crippen molar-refractivity contribution in [2.24, 2.45) is 0 Å². The third kappa shape index (κ3) is 3.79. The lowest BCUT2D eigenvalue weighted by molar-refractivity contribution is -0.385. The van der Waals surface area contributed by atoms with Gasteiger partial charge < -0.3 is 9.84 Å². The fraction of sp³-hybridized carbons (Fsp3) is 0. The average Bonchev–Trinajstić information content (AvgIpc) is 2.40. The topological polar surface area (TPSA) is 89.7 Å². The summed E-state index contributed by atoms with van der Waals surface area (Å²) in [4.78, 5) is 21.4. The number of benzene rings is 2.